The largest absolute Gasteiger partial charge is 0.490 e. The number of ether oxygens (including phenoxy) is 1. The first-order valence-corrected chi connectivity index (χ1v) is 6.99. The highest BCUT2D eigenvalue weighted by Gasteiger charge is 2.15. The van der Waals surface area contributed by atoms with Crippen LogP contribution in [0, 0.1) is 0 Å². The molecule has 0 unspecified atom stereocenters. The lowest BCUT2D eigenvalue weighted by molar-refractivity contribution is 0.412. The van der Waals surface area contributed by atoms with Gasteiger partial charge >= 0.3 is 0 Å². The zero-order chi connectivity index (χ0) is 15.1. The van der Waals surface area contributed by atoms with Crippen molar-refractivity contribution in [3.63, 3.8) is 0 Å². The van der Waals surface area contributed by atoms with Crippen LogP contribution in [0.15, 0.2) is 30.9 Å². The Morgan fingerprint density at radius 3 is 2.67 bits per heavy atom. The molecule has 2 heterocycles. The summed E-state index contributed by atoms with van der Waals surface area (Å²) in [4.78, 5) is 14.7. The number of aromatic nitrogens is 3. The van der Waals surface area contributed by atoms with Gasteiger partial charge in [0.15, 0.2) is 11.6 Å². The number of hydrogen-bond acceptors (Lipinski definition) is 6. The van der Waals surface area contributed by atoms with Gasteiger partial charge in [-0.15, -0.1) is 0 Å². The van der Waals surface area contributed by atoms with Crippen LogP contribution in [-0.4, -0.2) is 35.7 Å². The third-order valence-electron chi connectivity index (χ3n) is 3.06. The summed E-state index contributed by atoms with van der Waals surface area (Å²) in [6.07, 6.45) is 6.15. The number of hydrogen-bond donors (Lipinski definition) is 1. The van der Waals surface area contributed by atoms with Crippen LogP contribution >= 0.6 is 0 Å². The zero-order valence-corrected chi connectivity index (χ0v) is 12.7. The van der Waals surface area contributed by atoms with Gasteiger partial charge in [-0.1, -0.05) is 6.92 Å². The molecule has 0 radical (unpaired) electrons. The molecule has 2 aromatic rings. The molecular weight excluding hydrogens is 266 g/mol. The molecule has 0 spiro atoms. The van der Waals surface area contributed by atoms with Gasteiger partial charge in [0.1, 0.15) is 6.33 Å². The van der Waals surface area contributed by atoms with Gasteiger partial charge in [-0.05, 0) is 24.1 Å². The number of rotatable bonds is 7. The molecule has 6 heteroatoms. The van der Waals surface area contributed by atoms with Crippen molar-refractivity contribution in [1.29, 1.82) is 0 Å². The Kier molecular flexibility index (Phi) is 5.31. The first-order chi connectivity index (χ1) is 10.3. The van der Waals surface area contributed by atoms with Crippen molar-refractivity contribution in [3.8, 4) is 5.75 Å². The second kappa shape index (κ2) is 7.42. The molecule has 0 aliphatic carbocycles. The first kappa shape index (κ1) is 15.0. The molecule has 0 fully saturated rings. The average molecular weight is 287 g/mol. The van der Waals surface area contributed by atoms with E-state index in [2.05, 4.69) is 27.2 Å². The number of pyridine rings is 1. The summed E-state index contributed by atoms with van der Waals surface area (Å²) in [5.74, 6) is 2.16. The van der Waals surface area contributed by atoms with Gasteiger partial charge in [0.05, 0.1) is 7.11 Å². The molecule has 21 heavy (non-hydrogen) atoms. The Morgan fingerprint density at radius 2 is 2.00 bits per heavy atom. The fourth-order valence-electron chi connectivity index (χ4n) is 2.03. The molecule has 2 rings (SSSR count). The van der Waals surface area contributed by atoms with Gasteiger partial charge in [0.2, 0.25) is 5.75 Å². The van der Waals surface area contributed by atoms with E-state index in [0.717, 1.165) is 36.7 Å². The molecule has 0 bridgehead atoms. The standard InChI is InChI=1S/C15H21N5O/c1-4-7-17-14-13(21-3)15(19-11-18-14)20(2)10-12-5-8-16-9-6-12/h5-6,8-9,11H,4,7,10H2,1-3H3,(H,17,18,19). The van der Waals surface area contributed by atoms with Crippen LogP contribution in [0.5, 0.6) is 5.75 Å². The minimum absolute atomic E-state index is 0.669. The first-order valence-electron chi connectivity index (χ1n) is 6.99. The van der Waals surface area contributed by atoms with Crippen molar-refractivity contribution in [1.82, 2.24) is 15.0 Å². The van der Waals surface area contributed by atoms with Crippen LogP contribution in [0.3, 0.4) is 0 Å². The van der Waals surface area contributed by atoms with E-state index in [1.807, 2.05) is 24.1 Å². The number of anilines is 2. The summed E-state index contributed by atoms with van der Waals surface area (Å²) in [5.41, 5.74) is 1.16. The van der Waals surface area contributed by atoms with Gasteiger partial charge in [-0.25, -0.2) is 9.97 Å². The Morgan fingerprint density at radius 1 is 1.24 bits per heavy atom. The average Bonchev–Trinajstić information content (AvgIpc) is 2.53. The minimum Gasteiger partial charge on any atom is -0.490 e. The van der Waals surface area contributed by atoms with Gasteiger partial charge < -0.3 is 15.0 Å². The van der Waals surface area contributed by atoms with E-state index >= 15 is 0 Å². The highest BCUT2D eigenvalue weighted by atomic mass is 16.5. The van der Waals surface area contributed by atoms with Gasteiger partial charge in [0, 0.05) is 32.5 Å². The van der Waals surface area contributed by atoms with Gasteiger partial charge in [-0.3, -0.25) is 4.98 Å². The smallest absolute Gasteiger partial charge is 0.204 e. The predicted octanol–water partition coefficient (Wildman–Crippen LogP) is 2.34. The van der Waals surface area contributed by atoms with Crippen LogP contribution in [0.2, 0.25) is 0 Å². The monoisotopic (exact) mass is 287 g/mol. The molecule has 0 saturated carbocycles. The lowest BCUT2D eigenvalue weighted by atomic mass is 10.2. The number of nitrogens with zero attached hydrogens (tertiary/aromatic N) is 4. The van der Waals surface area contributed by atoms with Crippen molar-refractivity contribution in [2.75, 3.05) is 30.9 Å². The lowest BCUT2D eigenvalue weighted by Gasteiger charge is -2.21. The van der Waals surface area contributed by atoms with Crippen LogP contribution in [0.25, 0.3) is 0 Å². The SMILES string of the molecule is CCCNc1ncnc(N(C)Cc2ccncc2)c1OC. The quantitative estimate of drug-likeness (QED) is 0.843. The molecule has 0 aliphatic heterocycles. The molecule has 6 nitrogen and oxygen atoms in total. The summed E-state index contributed by atoms with van der Waals surface area (Å²) >= 11 is 0. The van der Waals surface area contributed by atoms with Crippen molar-refractivity contribution in [2.24, 2.45) is 0 Å². The van der Waals surface area contributed by atoms with Crippen molar-refractivity contribution in [3.05, 3.63) is 36.4 Å². The van der Waals surface area contributed by atoms with Crippen molar-refractivity contribution >= 4 is 11.6 Å². The molecule has 112 valence electrons. The minimum atomic E-state index is 0.669. The maximum Gasteiger partial charge on any atom is 0.204 e. The number of methoxy groups -OCH3 is 1. The third kappa shape index (κ3) is 3.81. The van der Waals surface area contributed by atoms with Crippen LogP contribution < -0.4 is 15.0 Å². The van der Waals surface area contributed by atoms with Crippen molar-refractivity contribution in [2.45, 2.75) is 19.9 Å². The van der Waals surface area contributed by atoms with Gasteiger partial charge in [0.25, 0.3) is 0 Å². The summed E-state index contributed by atoms with van der Waals surface area (Å²) < 4.78 is 5.49. The lowest BCUT2D eigenvalue weighted by Crippen LogP contribution is -2.19. The fraction of sp³-hybridized carbons (Fsp3) is 0.400. The molecule has 0 amide bonds. The van der Waals surface area contributed by atoms with Crippen LogP contribution in [0.4, 0.5) is 11.6 Å². The van der Waals surface area contributed by atoms with E-state index in [-0.39, 0.29) is 0 Å². The Balaban J connectivity index is 2.21. The third-order valence-corrected chi connectivity index (χ3v) is 3.06. The molecule has 0 aromatic carbocycles. The van der Waals surface area contributed by atoms with Crippen molar-refractivity contribution < 1.29 is 4.74 Å². The fourth-order valence-corrected chi connectivity index (χ4v) is 2.03. The molecule has 1 N–H and O–H groups in total. The highest BCUT2D eigenvalue weighted by molar-refractivity contribution is 5.64. The molecule has 0 atom stereocenters. The van der Waals surface area contributed by atoms with E-state index in [4.69, 9.17) is 4.74 Å². The summed E-state index contributed by atoms with van der Waals surface area (Å²) in [6.45, 7) is 3.68. The highest BCUT2D eigenvalue weighted by Crippen LogP contribution is 2.31. The normalized spacial score (nSPS) is 10.2. The molecule has 0 aliphatic rings. The predicted molar refractivity (Wildman–Crippen MR) is 83.7 cm³/mol. The maximum atomic E-state index is 5.49. The summed E-state index contributed by atoms with van der Waals surface area (Å²) in [6, 6.07) is 3.97. The second-order valence-electron chi connectivity index (χ2n) is 4.72. The van der Waals surface area contributed by atoms with E-state index < -0.39 is 0 Å². The Labute approximate surface area is 125 Å². The maximum absolute atomic E-state index is 5.49. The van der Waals surface area contributed by atoms with Crippen LogP contribution in [-0.2, 0) is 6.54 Å². The van der Waals surface area contributed by atoms with Crippen LogP contribution in [0.1, 0.15) is 18.9 Å². The summed E-state index contributed by atoms with van der Waals surface area (Å²) in [7, 11) is 3.62. The molecular formula is C15H21N5O. The number of nitrogens with one attached hydrogen (secondary N) is 1. The Hall–Kier alpha value is -2.37. The summed E-state index contributed by atoms with van der Waals surface area (Å²) in [5, 5.41) is 3.26. The van der Waals surface area contributed by atoms with E-state index in [9.17, 15) is 0 Å². The van der Waals surface area contributed by atoms with E-state index in [0.29, 0.717) is 5.75 Å². The second-order valence-corrected chi connectivity index (χ2v) is 4.72. The van der Waals surface area contributed by atoms with Gasteiger partial charge in [-0.2, -0.15) is 0 Å². The molecule has 0 saturated heterocycles. The molecule has 2 aromatic heterocycles. The zero-order valence-electron chi connectivity index (χ0n) is 12.7. The topological polar surface area (TPSA) is 63.2 Å². The van der Waals surface area contributed by atoms with E-state index in [1.165, 1.54) is 0 Å². The van der Waals surface area contributed by atoms with E-state index in [1.54, 1.807) is 25.8 Å². The Bertz CT molecular complexity index is 561.